The molecule has 0 aromatic heterocycles. The van der Waals surface area contributed by atoms with Crippen LogP contribution in [-0.2, 0) is 29.6 Å². The number of rotatable bonds is 7. The second-order valence-electron chi connectivity index (χ2n) is 6.81. The highest BCUT2D eigenvalue weighted by Gasteiger charge is 2.27. The lowest BCUT2D eigenvalue weighted by Crippen LogP contribution is -2.40. The third-order valence-electron chi connectivity index (χ3n) is 4.61. The molecule has 1 aliphatic rings. The van der Waals surface area contributed by atoms with Crippen molar-refractivity contribution >= 4 is 43.2 Å². The highest BCUT2D eigenvalue weighted by Crippen LogP contribution is 2.21. The third-order valence-corrected chi connectivity index (χ3v) is 8.58. The summed E-state index contributed by atoms with van der Waals surface area (Å²) in [6.45, 7) is 0.706. The number of benzene rings is 2. The molecule has 3 rings (SSSR count). The van der Waals surface area contributed by atoms with Crippen molar-refractivity contribution in [3.05, 3.63) is 53.6 Å². The predicted molar refractivity (Wildman–Crippen MR) is 116 cm³/mol. The van der Waals surface area contributed by atoms with Crippen LogP contribution in [0.4, 0.5) is 5.69 Å². The van der Waals surface area contributed by atoms with Crippen LogP contribution in [0.1, 0.15) is 0 Å². The molecule has 0 bridgehead atoms. The van der Waals surface area contributed by atoms with Crippen LogP contribution in [-0.4, -0.2) is 71.2 Å². The Bertz CT molecular complexity index is 1150. The molecule has 1 heterocycles. The highest BCUT2D eigenvalue weighted by molar-refractivity contribution is 7.89. The summed E-state index contributed by atoms with van der Waals surface area (Å²) in [4.78, 5) is 12.4. The Labute approximate surface area is 186 Å². The van der Waals surface area contributed by atoms with Gasteiger partial charge in [0.2, 0.25) is 26.0 Å². The summed E-state index contributed by atoms with van der Waals surface area (Å²) in [6, 6.07) is 11.4. The number of amides is 1. The molecule has 0 spiro atoms. The van der Waals surface area contributed by atoms with E-state index in [1.54, 1.807) is 0 Å². The summed E-state index contributed by atoms with van der Waals surface area (Å²) in [5, 5.41) is 2.94. The van der Waals surface area contributed by atoms with E-state index in [9.17, 15) is 21.6 Å². The number of ether oxygens (including phenoxy) is 1. The Balaban J connectivity index is 1.69. The number of hydrogen-bond acceptors (Lipinski definition) is 6. The number of carbonyl (C=O) groups excluding carboxylic acids is 1. The van der Waals surface area contributed by atoms with E-state index in [1.807, 2.05) is 0 Å². The van der Waals surface area contributed by atoms with Crippen LogP contribution in [0.25, 0.3) is 0 Å². The number of anilines is 1. The van der Waals surface area contributed by atoms with Crippen LogP contribution in [0.5, 0.6) is 0 Å². The van der Waals surface area contributed by atoms with Crippen molar-refractivity contribution in [1.82, 2.24) is 8.61 Å². The lowest BCUT2D eigenvalue weighted by molar-refractivity contribution is -0.116. The molecular weight excluding hydrogens is 466 g/mol. The van der Waals surface area contributed by atoms with Crippen LogP contribution < -0.4 is 5.32 Å². The summed E-state index contributed by atoms with van der Waals surface area (Å²) < 4.78 is 58.2. The van der Waals surface area contributed by atoms with Crippen molar-refractivity contribution in [3.8, 4) is 0 Å². The van der Waals surface area contributed by atoms with Gasteiger partial charge in [-0.05, 0) is 42.5 Å². The topological polar surface area (TPSA) is 113 Å². The second kappa shape index (κ2) is 9.63. The van der Waals surface area contributed by atoms with Gasteiger partial charge >= 0.3 is 0 Å². The number of nitrogens with one attached hydrogen (secondary N) is 1. The molecule has 12 heteroatoms. The molecule has 2 aromatic carbocycles. The van der Waals surface area contributed by atoms with Gasteiger partial charge in [0.15, 0.2) is 0 Å². The first-order valence-electron chi connectivity index (χ1n) is 9.30. The van der Waals surface area contributed by atoms with Gasteiger partial charge in [-0.3, -0.25) is 4.79 Å². The van der Waals surface area contributed by atoms with Gasteiger partial charge < -0.3 is 10.1 Å². The zero-order valence-electron chi connectivity index (χ0n) is 16.7. The molecule has 0 radical (unpaired) electrons. The van der Waals surface area contributed by atoms with Crippen molar-refractivity contribution in [3.63, 3.8) is 0 Å². The molecule has 0 atom stereocenters. The van der Waals surface area contributed by atoms with Crippen LogP contribution in [0, 0.1) is 0 Å². The summed E-state index contributed by atoms with van der Waals surface area (Å²) in [6.07, 6.45) is 0. The van der Waals surface area contributed by atoms with Crippen LogP contribution in [0.15, 0.2) is 58.3 Å². The third kappa shape index (κ3) is 5.62. The van der Waals surface area contributed by atoms with Gasteiger partial charge in [-0.1, -0.05) is 17.7 Å². The summed E-state index contributed by atoms with van der Waals surface area (Å²) in [7, 11) is -6.33. The van der Waals surface area contributed by atoms with E-state index in [0.717, 1.165) is 4.31 Å². The molecule has 168 valence electrons. The molecule has 1 N–H and O–H groups in total. The average molecular weight is 488 g/mol. The van der Waals surface area contributed by atoms with E-state index in [-0.39, 0.29) is 28.6 Å². The quantitative estimate of drug-likeness (QED) is 0.635. The minimum atomic E-state index is -3.89. The zero-order valence-corrected chi connectivity index (χ0v) is 19.1. The maximum Gasteiger partial charge on any atom is 0.243 e. The van der Waals surface area contributed by atoms with E-state index in [0.29, 0.717) is 18.2 Å². The molecule has 1 saturated heterocycles. The molecule has 0 saturated carbocycles. The summed E-state index contributed by atoms with van der Waals surface area (Å²) in [5.74, 6) is -0.610. The molecule has 1 fully saturated rings. The summed E-state index contributed by atoms with van der Waals surface area (Å²) in [5.41, 5.74) is 0.247. The Morgan fingerprint density at radius 3 is 2.35 bits per heavy atom. The van der Waals surface area contributed by atoms with E-state index < -0.39 is 32.5 Å². The molecule has 9 nitrogen and oxygen atoms in total. The Morgan fingerprint density at radius 2 is 1.71 bits per heavy atom. The molecule has 0 aliphatic carbocycles. The number of morpholine rings is 1. The maximum absolute atomic E-state index is 12.8. The van der Waals surface area contributed by atoms with Crippen LogP contribution >= 0.6 is 11.6 Å². The molecule has 2 aromatic rings. The van der Waals surface area contributed by atoms with E-state index >= 15 is 0 Å². The van der Waals surface area contributed by atoms with Crippen molar-refractivity contribution in [2.45, 2.75) is 9.79 Å². The first-order chi connectivity index (χ1) is 14.6. The number of carbonyl (C=O) groups is 1. The lowest BCUT2D eigenvalue weighted by Gasteiger charge is -2.26. The number of hydrogen-bond donors (Lipinski definition) is 1. The number of halogens is 1. The first-order valence-corrected chi connectivity index (χ1v) is 12.6. The molecule has 31 heavy (non-hydrogen) atoms. The minimum Gasteiger partial charge on any atom is -0.379 e. The zero-order chi connectivity index (χ0) is 22.6. The fourth-order valence-electron chi connectivity index (χ4n) is 2.94. The van der Waals surface area contributed by atoms with Gasteiger partial charge in [0, 0.05) is 30.8 Å². The van der Waals surface area contributed by atoms with Crippen molar-refractivity contribution in [2.24, 2.45) is 0 Å². The van der Waals surface area contributed by atoms with Gasteiger partial charge in [0.1, 0.15) is 0 Å². The fraction of sp³-hybridized carbons (Fsp3) is 0.316. The van der Waals surface area contributed by atoms with Gasteiger partial charge in [-0.2, -0.15) is 8.61 Å². The lowest BCUT2D eigenvalue weighted by atomic mass is 10.3. The van der Waals surface area contributed by atoms with Crippen LogP contribution in [0.2, 0.25) is 5.02 Å². The average Bonchev–Trinajstić information content (AvgIpc) is 2.74. The minimum absolute atomic E-state index is 0.00537. The Hall–Kier alpha value is -2.02. The molecule has 1 aliphatic heterocycles. The van der Waals surface area contributed by atoms with E-state index in [1.165, 1.54) is 59.9 Å². The van der Waals surface area contributed by atoms with Crippen molar-refractivity contribution in [1.29, 1.82) is 0 Å². The normalized spacial score (nSPS) is 15.7. The molecule has 1 amide bonds. The van der Waals surface area contributed by atoms with Gasteiger partial charge in [-0.15, -0.1) is 0 Å². The smallest absolute Gasteiger partial charge is 0.243 e. The largest absolute Gasteiger partial charge is 0.379 e. The van der Waals surface area contributed by atoms with Crippen molar-refractivity contribution < 1.29 is 26.4 Å². The van der Waals surface area contributed by atoms with Gasteiger partial charge in [0.25, 0.3) is 0 Å². The number of sulfonamides is 2. The fourth-order valence-corrected chi connectivity index (χ4v) is 5.65. The standard InChI is InChI=1S/C19H22ClN3O6S2/c1-22(30(25,26)17-7-5-15(20)6-8-17)14-19(24)21-16-3-2-4-18(13-16)31(27,28)23-9-11-29-12-10-23/h2-8,13H,9-12,14H2,1H3,(H,21,24). The molecular formula is C19H22ClN3O6S2. The first kappa shape index (κ1) is 23.6. The van der Waals surface area contributed by atoms with E-state index in [4.69, 9.17) is 16.3 Å². The van der Waals surface area contributed by atoms with Crippen LogP contribution in [0.3, 0.4) is 0 Å². The highest BCUT2D eigenvalue weighted by atomic mass is 35.5. The summed E-state index contributed by atoms with van der Waals surface area (Å²) >= 11 is 5.79. The Morgan fingerprint density at radius 1 is 1.06 bits per heavy atom. The predicted octanol–water partition coefficient (Wildman–Crippen LogP) is 1.62. The number of likely N-dealkylation sites (N-methyl/N-ethyl adjacent to an activating group) is 1. The second-order valence-corrected chi connectivity index (χ2v) is 11.2. The molecule has 0 unspecified atom stereocenters. The monoisotopic (exact) mass is 487 g/mol. The Kier molecular flexibility index (Phi) is 7.35. The maximum atomic E-state index is 12.8. The van der Waals surface area contributed by atoms with Gasteiger partial charge in [0.05, 0.1) is 29.5 Å². The number of nitrogens with zero attached hydrogens (tertiary/aromatic N) is 2. The van der Waals surface area contributed by atoms with Crippen molar-refractivity contribution in [2.75, 3.05) is 45.2 Å². The van der Waals surface area contributed by atoms with E-state index in [2.05, 4.69) is 5.32 Å². The van der Waals surface area contributed by atoms with Gasteiger partial charge in [-0.25, -0.2) is 16.8 Å². The SMILES string of the molecule is CN(CC(=O)Nc1cccc(S(=O)(=O)N2CCOCC2)c1)S(=O)(=O)c1ccc(Cl)cc1.